The van der Waals surface area contributed by atoms with Crippen LogP contribution in [-0.2, 0) is 9.53 Å². The van der Waals surface area contributed by atoms with Crippen LogP contribution in [0.2, 0.25) is 0 Å². The molecule has 1 heterocycles. The Hall–Kier alpha value is -2.13. The van der Waals surface area contributed by atoms with Crippen molar-refractivity contribution in [1.82, 2.24) is 4.90 Å². The van der Waals surface area contributed by atoms with Crippen LogP contribution in [0.4, 0.5) is 11.4 Å². The largest absolute Gasteiger partial charge is 0.465 e. The third-order valence-electron chi connectivity index (χ3n) is 4.91. The summed E-state index contributed by atoms with van der Waals surface area (Å²) in [5.41, 5.74) is 2.47. The van der Waals surface area contributed by atoms with Crippen molar-refractivity contribution < 1.29 is 14.3 Å². The number of para-hydroxylation sites is 1. The van der Waals surface area contributed by atoms with E-state index in [1.165, 1.54) is 7.11 Å². The van der Waals surface area contributed by atoms with Crippen LogP contribution < -0.4 is 10.2 Å². The maximum Gasteiger partial charge on any atom is 0.337 e. The normalized spacial score (nSPS) is 17.2. The molecular weight excluding hydrogens is 469 g/mol. The van der Waals surface area contributed by atoms with Crippen molar-refractivity contribution in [3.05, 3.63) is 57.7 Å². The van der Waals surface area contributed by atoms with E-state index in [9.17, 15) is 9.59 Å². The van der Waals surface area contributed by atoms with E-state index in [0.29, 0.717) is 12.1 Å². The number of benzene rings is 2. The van der Waals surface area contributed by atoms with Gasteiger partial charge in [0.25, 0.3) is 0 Å². The van der Waals surface area contributed by atoms with Crippen LogP contribution in [0, 0.1) is 3.57 Å². The maximum atomic E-state index is 12.4. The van der Waals surface area contributed by atoms with Gasteiger partial charge in [0.1, 0.15) is 0 Å². The monoisotopic (exact) mass is 493 g/mol. The van der Waals surface area contributed by atoms with Gasteiger partial charge in [-0.2, -0.15) is 0 Å². The van der Waals surface area contributed by atoms with Crippen molar-refractivity contribution in [2.24, 2.45) is 0 Å². The van der Waals surface area contributed by atoms with Crippen molar-refractivity contribution in [2.45, 2.75) is 13.0 Å². The highest BCUT2D eigenvalue weighted by Gasteiger charge is 2.25. The summed E-state index contributed by atoms with van der Waals surface area (Å²) in [6.45, 7) is 4.97. The Morgan fingerprint density at radius 3 is 2.50 bits per heavy atom. The molecular formula is C21H24IN3O3. The van der Waals surface area contributed by atoms with Gasteiger partial charge >= 0.3 is 5.97 Å². The van der Waals surface area contributed by atoms with Crippen molar-refractivity contribution >= 4 is 45.8 Å². The quantitative estimate of drug-likeness (QED) is 0.512. The summed E-state index contributed by atoms with van der Waals surface area (Å²) in [6, 6.07) is 15.5. The number of hydrogen-bond donors (Lipinski definition) is 1. The smallest absolute Gasteiger partial charge is 0.337 e. The highest BCUT2D eigenvalue weighted by molar-refractivity contribution is 14.1. The van der Waals surface area contributed by atoms with E-state index in [4.69, 9.17) is 4.74 Å². The molecule has 1 aliphatic rings. The predicted octanol–water partition coefficient (Wildman–Crippen LogP) is 3.23. The summed E-state index contributed by atoms with van der Waals surface area (Å²) in [6.07, 6.45) is 0. The summed E-state index contributed by atoms with van der Waals surface area (Å²) in [4.78, 5) is 28.5. The lowest BCUT2D eigenvalue weighted by Gasteiger charge is -2.40. The van der Waals surface area contributed by atoms with Crippen LogP contribution in [-0.4, -0.2) is 56.1 Å². The molecule has 2 aromatic rings. The molecule has 1 saturated heterocycles. The summed E-state index contributed by atoms with van der Waals surface area (Å²) < 4.78 is 5.77. The fraction of sp³-hybridized carbons (Fsp3) is 0.333. The van der Waals surface area contributed by atoms with Gasteiger partial charge in [-0.3, -0.25) is 9.69 Å². The molecule has 28 heavy (non-hydrogen) atoms. The Kier molecular flexibility index (Phi) is 6.90. The van der Waals surface area contributed by atoms with Crippen molar-refractivity contribution in [1.29, 1.82) is 0 Å². The summed E-state index contributed by atoms with van der Waals surface area (Å²) in [5.74, 6) is -0.323. The number of esters is 1. The fourth-order valence-electron chi connectivity index (χ4n) is 3.33. The number of hydrogen-bond acceptors (Lipinski definition) is 5. The van der Waals surface area contributed by atoms with Crippen LogP contribution in [0.5, 0.6) is 0 Å². The Bertz CT molecular complexity index is 841. The van der Waals surface area contributed by atoms with Crippen LogP contribution in [0.25, 0.3) is 0 Å². The molecule has 3 rings (SSSR count). The Morgan fingerprint density at radius 2 is 1.86 bits per heavy atom. The topological polar surface area (TPSA) is 61.9 Å². The highest BCUT2D eigenvalue weighted by atomic mass is 127. The lowest BCUT2D eigenvalue weighted by molar-refractivity contribution is -0.117. The summed E-state index contributed by atoms with van der Waals surface area (Å²) in [5, 5.41) is 3.00. The molecule has 0 bridgehead atoms. The zero-order chi connectivity index (χ0) is 20.1. The first-order valence-corrected chi connectivity index (χ1v) is 10.3. The van der Waals surface area contributed by atoms with E-state index in [2.05, 4.69) is 44.6 Å². The van der Waals surface area contributed by atoms with E-state index in [0.717, 1.165) is 34.6 Å². The lowest BCUT2D eigenvalue weighted by Crippen LogP contribution is -2.53. The molecule has 0 saturated carbocycles. The number of nitrogens with one attached hydrogen (secondary N) is 1. The average molecular weight is 493 g/mol. The molecule has 2 aromatic carbocycles. The third kappa shape index (κ3) is 5.02. The zero-order valence-corrected chi connectivity index (χ0v) is 18.2. The van der Waals surface area contributed by atoms with Crippen LogP contribution in [0.3, 0.4) is 0 Å². The molecule has 6 nitrogen and oxygen atoms in total. The first-order chi connectivity index (χ1) is 13.5. The summed E-state index contributed by atoms with van der Waals surface area (Å²) >= 11 is 2.22. The number of carbonyl (C=O) groups excluding carboxylic acids is 2. The van der Waals surface area contributed by atoms with Crippen LogP contribution >= 0.6 is 22.6 Å². The first kappa shape index (κ1) is 20.6. The minimum Gasteiger partial charge on any atom is -0.465 e. The fourth-order valence-corrected chi connectivity index (χ4v) is 3.85. The second-order valence-electron chi connectivity index (χ2n) is 6.83. The number of carbonyl (C=O) groups is 2. The van der Waals surface area contributed by atoms with Gasteiger partial charge in [0, 0.05) is 34.9 Å². The average Bonchev–Trinajstić information content (AvgIpc) is 2.71. The van der Waals surface area contributed by atoms with Crippen molar-refractivity contribution in [3.63, 3.8) is 0 Å². The van der Waals surface area contributed by atoms with Gasteiger partial charge in [0.15, 0.2) is 0 Å². The number of anilines is 2. The van der Waals surface area contributed by atoms with Gasteiger partial charge in [0.2, 0.25) is 5.91 Å². The number of ether oxygens (including phenoxy) is 1. The number of halogens is 1. The predicted molar refractivity (Wildman–Crippen MR) is 119 cm³/mol. The zero-order valence-electron chi connectivity index (χ0n) is 16.0. The molecule has 1 atom stereocenters. The highest BCUT2D eigenvalue weighted by Crippen LogP contribution is 2.21. The molecule has 0 aromatic heterocycles. The Balaban J connectivity index is 1.55. The maximum absolute atomic E-state index is 12.4. The minimum absolute atomic E-state index is 0.00634. The van der Waals surface area contributed by atoms with Gasteiger partial charge in [-0.15, -0.1) is 0 Å². The number of rotatable bonds is 5. The van der Waals surface area contributed by atoms with Gasteiger partial charge in [-0.05, 0) is 65.9 Å². The van der Waals surface area contributed by atoms with E-state index < -0.39 is 0 Å². The number of piperazine rings is 1. The molecule has 0 aliphatic carbocycles. The number of methoxy groups -OCH3 is 1. The lowest BCUT2D eigenvalue weighted by atomic mass is 10.1. The summed E-state index contributed by atoms with van der Waals surface area (Å²) in [7, 11) is 1.38. The molecule has 1 fully saturated rings. The Labute approximate surface area is 179 Å². The molecule has 0 radical (unpaired) electrons. The molecule has 7 heteroatoms. The van der Waals surface area contributed by atoms with E-state index >= 15 is 0 Å². The second kappa shape index (κ2) is 9.38. The molecule has 1 unspecified atom stereocenters. The van der Waals surface area contributed by atoms with Crippen molar-refractivity contribution in [3.8, 4) is 0 Å². The van der Waals surface area contributed by atoms with Gasteiger partial charge < -0.3 is 15.0 Å². The molecule has 1 aliphatic heterocycles. The molecule has 1 amide bonds. The van der Waals surface area contributed by atoms with E-state index in [1.54, 1.807) is 12.1 Å². The van der Waals surface area contributed by atoms with Crippen LogP contribution in [0.15, 0.2) is 48.5 Å². The van der Waals surface area contributed by atoms with E-state index in [-0.39, 0.29) is 17.9 Å². The minimum atomic E-state index is -0.330. The number of amides is 1. The van der Waals surface area contributed by atoms with E-state index in [1.807, 2.05) is 36.4 Å². The SMILES string of the molecule is COC(=O)c1ccc(N2CCN(CC(=O)Nc3ccccc3I)C(C)C2)cc1. The molecule has 0 spiro atoms. The number of nitrogens with zero attached hydrogens (tertiary/aromatic N) is 2. The van der Waals surface area contributed by atoms with Crippen LogP contribution in [0.1, 0.15) is 17.3 Å². The van der Waals surface area contributed by atoms with Crippen molar-refractivity contribution in [2.75, 3.05) is 43.5 Å². The third-order valence-corrected chi connectivity index (χ3v) is 5.85. The Morgan fingerprint density at radius 1 is 1.14 bits per heavy atom. The van der Waals surface area contributed by atoms with Gasteiger partial charge in [-0.1, -0.05) is 12.1 Å². The second-order valence-corrected chi connectivity index (χ2v) is 7.99. The molecule has 148 valence electrons. The van der Waals surface area contributed by atoms with Gasteiger partial charge in [0.05, 0.1) is 24.9 Å². The molecule has 1 N–H and O–H groups in total. The standard InChI is InChI=1S/C21H24IN3O3/c1-15-13-25(17-9-7-16(8-10-17)21(27)28-2)12-11-24(15)14-20(26)23-19-6-4-3-5-18(19)22/h3-10,15H,11-14H2,1-2H3,(H,23,26). The van der Waals surface area contributed by atoms with Gasteiger partial charge in [-0.25, -0.2) is 4.79 Å². The first-order valence-electron chi connectivity index (χ1n) is 9.19.